The van der Waals surface area contributed by atoms with Crippen LogP contribution in [0.1, 0.15) is 20.8 Å². The maximum atomic E-state index is 12.4. The Morgan fingerprint density at radius 3 is 2.03 bits per heavy atom. The van der Waals surface area contributed by atoms with E-state index >= 15 is 0 Å². The molecular weight excluding hydrogens is 494 g/mol. The normalized spacial score (nSPS) is 14.1. The van der Waals surface area contributed by atoms with E-state index in [2.05, 4.69) is 20.7 Å². The summed E-state index contributed by atoms with van der Waals surface area (Å²) in [7, 11) is 2.35. The molecule has 0 aliphatic heterocycles. The molecule has 14 nitrogen and oxygen atoms in total. The summed E-state index contributed by atoms with van der Waals surface area (Å²) in [5.74, 6) is -4.01. The van der Waals surface area contributed by atoms with Crippen LogP contribution in [0.3, 0.4) is 0 Å². The number of hydrogen-bond donors (Lipinski definition) is 5. The predicted molar refractivity (Wildman–Crippen MR) is 124 cm³/mol. The first-order valence-electron chi connectivity index (χ1n) is 9.74. The molecule has 0 aromatic heterocycles. The molecule has 0 saturated heterocycles. The number of ketones is 1. The molecule has 0 heterocycles. The van der Waals surface area contributed by atoms with E-state index in [1.165, 1.54) is 27.8 Å². The number of nitrogens with two attached hydrogens (primary N) is 1. The van der Waals surface area contributed by atoms with Gasteiger partial charge in [-0.05, 0) is 14.0 Å². The number of ether oxygens (including phenoxy) is 2. The fraction of sp³-hybridized carbons (Fsp3) is 0.667. The van der Waals surface area contributed by atoms with Gasteiger partial charge in [0.25, 0.3) is 6.23 Å². The average molecular weight is 526 g/mol. The van der Waals surface area contributed by atoms with E-state index in [1.54, 1.807) is 0 Å². The van der Waals surface area contributed by atoms with Gasteiger partial charge in [-0.15, -0.1) is 29.0 Å². The van der Waals surface area contributed by atoms with Crippen LogP contribution in [0.15, 0.2) is 0 Å². The first-order valence-corrected chi connectivity index (χ1v) is 12.0. The largest absolute Gasteiger partial charge is 0.465 e. The average Bonchev–Trinajstić information content (AvgIpc) is 2.76. The lowest BCUT2D eigenvalue weighted by atomic mass is 10.1. The Bertz CT molecular complexity index is 751. The lowest BCUT2D eigenvalue weighted by molar-refractivity contribution is -0.188. The molecule has 0 saturated carbocycles. The summed E-state index contributed by atoms with van der Waals surface area (Å²) >= 11 is 2.22. The first kappa shape index (κ1) is 31.6. The Hall–Kier alpha value is -2.40. The molecule has 0 rings (SSSR count). The molecule has 2 amide bonds. The van der Waals surface area contributed by atoms with Gasteiger partial charge in [-0.25, -0.2) is 14.4 Å². The van der Waals surface area contributed by atoms with Crippen molar-refractivity contribution in [1.29, 1.82) is 0 Å². The van der Waals surface area contributed by atoms with E-state index in [4.69, 9.17) is 15.3 Å². The van der Waals surface area contributed by atoms with Crippen LogP contribution in [0.5, 0.6) is 0 Å². The van der Waals surface area contributed by atoms with Crippen molar-refractivity contribution in [2.45, 2.75) is 38.6 Å². The predicted octanol–water partition coefficient (Wildman–Crippen LogP) is -2.40. The third-order valence-electron chi connectivity index (χ3n) is 3.71. The molecule has 0 spiro atoms. The van der Waals surface area contributed by atoms with Gasteiger partial charge in [0, 0.05) is 19.6 Å². The molecule has 0 bridgehead atoms. The van der Waals surface area contributed by atoms with Gasteiger partial charge in [-0.2, -0.15) is 0 Å². The van der Waals surface area contributed by atoms with Crippen LogP contribution >= 0.6 is 23.5 Å². The summed E-state index contributed by atoms with van der Waals surface area (Å²) in [4.78, 5) is 75.5. The van der Waals surface area contributed by atoms with Crippen LogP contribution in [0.4, 0.5) is 0 Å². The van der Waals surface area contributed by atoms with Crippen LogP contribution < -0.4 is 27.2 Å². The van der Waals surface area contributed by atoms with E-state index < -0.39 is 41.5 Å². The lowest BCUT2D eigenvalue weighted by Gasteiger charge is -2.24. The molecule has 6 N–H and O–H groups in total. The Balaban J connectivity index is 4.92. The highest BCUT2D eigenvalue weighted by Gasteiger charge is 2.35. The van der Waals surface area contributed by atoms with Crippen molar-refractivity contribution in [2.24, 2.45) is 5.73 Å². The number of esters is 2. The van der Waals surface area contributed by atoms with Crippen LogP contribution in [0, 0.1) is 0 Å². The van der Waals surface area contributed by atoms with Gasteiger partial charge in [0.15, 0.2) is 11.8 Å². The van der Waals surface area contributed by atoms with Gasteiger partial charge < -0.3 is 36.0 Å². The Kier molecular flexibility index (Phi) is 15.1. The fourth-order valence-corrected chi connectivity index (χ4v) is 3.63. The van der Waals surface area contributed by atoms with Crippen LogP contribution in [-0.4, -0.2) is 90.7 Å². The van der Waals surface area contributed by atoms with Crippen molar-refractivity contribution in [3.05, 3.63) is 0 Å². The number of carbonyl (C=O) groups excluding carboxylic acids is 6. The number of nitrogens with one attached hydrogen (secondary N) is 4. The molecule has 0 aromatic rings. The van der Waals surface area contributed by atoms with E-state index in [-0.39, 0.29) is 35.1 Å². The molecule has 0 aliphatic carbocycles. The number of carbonyl (C=O) groups is 6. The van der Waals surface area contributed by atoms with Crippen molar-refractivity contribution < 1.29 is 43.1 Å². The first-order chi connectivity index (χ1) is 15.8. The van der Waals surface area contributed by atoms with Crippen molar-refractivity contribution >= 4 is 59.0 Å². The number of amides is 2. The quantitative estimate of drug-likeness (QED) is 0.0356. The second kappa shape index (κ2) is 16.3. The van der Waals surface area contributed by atoms with E-state index in [0.717, 1.165) is 30.6 Å². The van der Waals surface area contributed by atoms with Crippen molar-refractivity contribution in [3.8, 4) is 0 Å². The van der Waals surface area contributed by atoms with Crippen LogP contribution in [0.25, 0.3) is 0 Å². The molecule has 0 aliphatic rings. The smallest absolute Gasteiger partial charge is 0.365 e. The molecule has 0 radical (unpaired) electrons. The van der Waals surface area contributed by atoms with Crippen molar-refractivity contribution in [1.82, 2.24) is 21.4 Å². The number of rotatable bonds is 16. The minimum Gasteiger partial charge on any atom is -0.465 e. The van der Waals surface area contributed by atoms with Crippen molar-refractivity contribution in [2.75, 3.05) is 37.4 Å². The topological polar surface area (TPSA) is 204 Å². The molecule has 34 heavy (non-hydrogen) atoms. The molecule has 3 atom stereocenters. The lowest BCUT2D eigenvalue weighted by Crippen LogP contribution is -2.54. The van der Waals surface area contributed by atoms with Gasteiger partial charge in [-0.1, -0.05) is 0 Å². The summed E-state index contributed by atoms with van der Waals surface area (Å²) in [5, 5.41) is 7.49. The maximum Gasteiger partial charge on any atom is 0.365 e. The number of hydrogen-bond acceptors (Lipinski definition) is 14. The van der Waals surface area contributed by atoms with E-state index in [9.17, 15) is 28.8 Å². The van der Waals surface area contributed by atoms with E-state index in [1.807, 2.05) is 5.48 Å². The van der Waals surface area contributed by atoms with Crippen molar-refractivity contribution in [3.63, 3.8) is 0 Å². The Morgan fingerprint density at radius 2 is 1.53 bits per heavy atom. The van der Waals surface area contributed by atoms with E-state index in [0.29, 0.717) is 0 Å². The van der Waals surface area contributed by atoms with Gasteiger partial charge >= 0.3 is 17.9 Å². The zero-order valence-corrected chi connectivity index (χ0v) is 21.2. The summed E-state index contributed by atoms with van der Waals surface area (Å²) < 4.78 is 9.47. The Morgan fingerprint density at radius 1 is 0.971 bits per heavy atom. The molecule has 16 heteroatoms. The van der Waals surface area contributed by atoms with Gasteiger partial charge in [0.05, 0.1) is 24.6 Å². The fourth-order valence-electron chi connectivity index (χ4n) is 1.91. The minimum atomic E-state index is -1.88. The monoisotopic (exact) mass is 525 g/mol. The third kappa shape index (κ3) is 12.7. The number of Topliss-reactive ketones (excluding diaryl/α,β-unsaturated/α-hetero) is 1. The standard InChI is InChI=1S/C18H31N5O9S2/c1-10(24)21-8-33-6-12(26)13(20-4)15(27)31-14(16(28)30-5)23-32-17(29)18(3,19)7-34-9-22-11(2)25/h13-14,20,23H,6-9,19H2,1-5H3,(H,21,24)(H,22,25). The molecule has 0 fully saturated rings. The Labute approximate surface area is 205 Å². The van der Waals surface area contributed by atoms with Gasteiger partial charge in [-0.3, -0.25) is 14.4 Å². The van der Waals surface area contributed by atoms with Crippen LogP contribution in [0.2, 0.25) is 0 Å². The number of methoxy groups -OCH3 is 1. The summed E-state index contributed by atoms with van der Waals surface area (Å²) in [6.07, 6.45) is -1.88. The summed E-state index contributed by atoms with van der Waals surface area (Å²) in [6, 6.07) is -1.43. The molecule has 0 aromatic carbocycles. The molecular formula is C18H31N5O9S2. The van der Waals surface area contributed by atoms with Gasteiger partial charge in [0.1, 0.15) is 5.54 Å². The highest BCUT2D eigenvalue weighted by atomic mass is 32.2. The highest BCUT2D eigenvalue weighted by molar-refractivity contribution is 8.00. The zero-order chi connectivity index (χ0) is 26.3. The number of thioether (sulfide) groups is 2. The third-order valence-corrected chi connectivity index (χ3v) is 5.70. The second-order valence-electron chi connectivity index (χ2n) is 6.90. The molecule has 3 unspecified atom stereocenters. The SMILES string of the molecule is CNC(C(=O)CSCNC(C)=O)C(=O)OC(NOC(=O)C(C)(N)CSCNC(C)=O)C(=O)OC. The summed E-state index contributed by atoms with van der Waals surface area (Å²) in [5.41, 5.74) is 6.37. The maximum absolute atomic E-state index is 12.4. The van der Waals surface area contributed by atoms with Gasteiger partial charge in [0.2, 0.25) is 11.8 Å². The number of likely N-dealkylation sites (N-methyl/N-ethyl adjacent to an activating group) is 1. The second-order valence-corrected chi connectivity index (χ2v) is 8.88. The zero-order valence-electron chi connectivity index (χ0n) is 19.6. The van der Waals surface area contributed by atoms with Crippen LogP contribution in [-0.2, 0) is 43.1 Å². The number of hydroxylamine groups is 1. The molecule has 194 valence electrons. The summed E-state index contributed by atoms with van der Waals surface area (Å²) in [6.45, 7) is 4.03. The highest BCUT2D eigenvalue weighted by Crippen LogP contribution is 2.11. The minimum absolute atomic E-state index is 0.0585.